The molecule has 0 aliphatic rings. The molecule has 5 nitrogen and oxygen atoms in total. The average Bonchev–Trinajstić information content (AvgIpc) is 2.60. The minimum atomic E-state index is -1.01. The van der Waals surface area contributed by atoms with Crippen LogP contribution in [0.4, 0.5) is 5.69 Å². The number of para-hydroxylation sites is 1. The molecule has 3 rings (SSSR count). The van der Waals surface area contributed by atoms with E-state index in [1.54, 1.807) is 54.6 Å². The van der Waals surface area contributed by atoms with Gasteiger partial charge in [0, 0.05) is 5.39 Å². The van der Waals surface area contributed by atoms with E-state index in [4.69, 9.17) is 4.84 Å². The summed E-state index contributed by atoms with van der Waals surface area (Å²) in [4.78, 5) is 28.3. The van der Waals surface area contributed by atoms with Crippen molar-refractivity contribution in [2.75, 3.05) is 5.06 Å². The highest BCUT2D eigenvalue weighted by Crippen LogP contribution is 2.30. The van der Waals surface area contributed by atoms with Crippen LogP contribution in [-0.4, -0.2) is 17.5 Å². The quantitative estimate of drug-likeness (QED) is 0.579. The lowest BCUT2D eigenvalue weighted by Gasteiger charge is -2.19. The number of benzene rings is 3. The second-order valence-electron chi connectivity index (χ2n) is 4.82. The van der Waals surface area contributed by atoms with Gasteiger partial charge >= 0.3 is 5.97 Å². The normalized spacial score (nSPS) is 10.3. The van der Waals surface area contributed by atoms with Crippen molar-refractivity contribution in [1.29, 1.82) is 0 Å². The number of hydrogen-bond acceptors (Lipinski definition) is 3. The molecule has 0 radical (unpaired) electrons. The Balaban J connectivity index is 2.05. The monoisotopic (exact) mass is 307 g/mol. The van der Waals surface area contributed by atoms with Gasteiger partial charge < -0.3 is 9.94 Å². The van der Waals surface area contributed by atoms with Gasteiger partial charge in [-0.15, -0.1) is 5.06 Å². The van der Waals surface area contributed by atoms with Crippen LogP contribution in [0.5, 0.6) is 5.75 Å². The van der Waals surface area contributed by atoms with E-state index in [1.807, 2.05) is 6.07 Å². The van der Waals surface area contributed by atoms with E-state index in [9.17, 15) is 14.7 Å². The molecule has 0 spiro atoms. The Morgan fingerprint density at radius 1 is 0.913 bits per heavy atom. The fourth-order valence-electron chi connectivity index (χ4n) is 2.35. The smallest absolute Gasteiger partial charge is 0.336 e. The van der Waals surface area contributed by atoms with Gasteiger partial charge in [0.05, 0.1) is 11.3 Å². The molecule has 0 saturated heterocycles. The Kier molecular flexibility index (Phi) is 3.93. The molecule has 23 heavy (non-hydrogen) atoms. The maximum Gasteiger partial charge on any atom is 0.336 e. The summed E-state index contributed by atoms with van der Waals surface area (Å²) in [5.74, 6) is -0.607. The summed E-state index contributed by atoms with van der Waals surface area (Å²) in [6.45, 7) is 0. The number of rotatable bonds is 5. The topological polar surface area (TPSA) is 66.8 Å². The molecule has 0 saturated carbocycles. The Hall–Kier alpha value is -3.34. The first kappa shape index (κ1) is 14.6. The van der Waals surface area contributed by atoms with Crippen LogP contribution in [0.3, 0.4) is 0 Å². The third-order valence-corrected chi connectivity index (χ3v) is 3.42. The molecular weight excluding hydrogens is 294 g/mol. The largest absolute Gasteiger partial charge is 0.478 e. The minimum absolute atomic E-state index is 0.185. The van der Waals surface area contributed by atoms with E-state index in [-0.39, 0.29) is 5.56 Å². The molecule has 1 amide bonds. The summed E-state index contributed by atoms with van der Waals surface area (Å²) in [7, 11) is 0. The number of carbonyl (C=O) groups excluding carboxylic acids is 1. The Morgan fingerprint density at radius 2 is 1.57 bits per heavy atom. The van der Waals surface area contributed by atoms with Crippen molar-refractivity contribution in [2.45, 2.75) is 0 Å². The Labute approximate surface area is 132 Å². The second kappa shape index (κ2) is 6.19. The van der Waals surface area contributed by atoms with E-state index in [2.05, 4.69) is 0 Å². The lowest BCUT2D eigenvalue weighted by atomic mass is 10.0. The van der Waals surface area contributed by atoms with Crippen LogP contribution in [-0.2, 0) is 4.79 Å². The van der Waals surface area contributed by atoms with Crippen LogP contribution < -0.4 is 9.90 Å². The molecule has 1 N–H and O–H groups in total. The number of carboxylic acids is 1. The fourth-order valence-corrected chi connectivity index (χ4v) is 2.35. The van der Waals surface area contributed by atoms with Crippen LogP contribution in [0.2, 0.25) is 0 Å². The second-order valence-corrected chi connectivity index (χ2v) is 4.82. The Morgan fingerprint density at radius 3 is 2.22 bits per heavy atom. The number of hydroxylamine groups is 1. The molecule has 0 bridgehead atoms. The summed E-state index contributed by atoms with van der Waals surface area (Å²) in [5, 5.41) is 11.5. The van der Waals surface area contributed by atoms with Crippen molar-refractivity contribution in [3.8, 4) is 5.75 Å². The first-order valence-electron chi connectivity index (χ1n) is 6.93. The molecule has 3 aromatic rings. The van der Waals surface area contributed by atoms with Crippen LogP contribution in [0.1, 0.15) is 10.4 Å². The van der Waals surface area contributed by atoms with Gasteiger partial charge in [0.15, 0.2) is 5.75 Å². The molecule has 0 heterocycles. The number of hydrogen-bond donors (Lipinski definition) is 1. The zero-order valence-corrected chi connectivity index (χ0v) is 12.0. The highest BCUT2D eigenvalue weighted by atomic mass is 16.7. The van der Waals surface area contributed by atoms with Gasteiger partial charge in [-0.05, 0) is 29.7 Å². The number of carbonyl (C=O) groups is 2. The zero-order valence-electron chi connectivity index (χ0n) is 12.0. The number of anilines is 1. The average molecular weight is 307 g/mol. The highest BCUT2D eigenvalue weighted by Gasteiger charge is 2.14. The van der Waals surface area contributed by atoms with Gasteiger partial charge in [0.2, 0.25) is 6.41 Å². The molecule has 0 aliphatic heterocycles. The van der Waals surface area contributed by atoms with E-state index in [0.717, 1.165) is 5.06 Å². The number of nitrogens with zero attached hydrogens (tertiary/aromatic N) is 1. The van der Waals surface area contributed by atoms with Crippen molar-refractivity contribution < 1.29 is 19.5 Å². The minimum Gasteiger partial charge on any atom is -0.478 e. The van der Waals surface area contributed by atoms with Crippen LogP contribution >= 0.6 is 0 Å². The molecule has 0 aromatic heterocycles. The van der Waals surface area contributed by atoms with Crippen molar-refractivity contribution in [2.24, 2.45) is 0 Å². The van der Waals surface area contributed by atoms with Gasteiger partial charge in [-0.3, -0.25) is 4.79 Å². The van der Waals surface area contributed by atoms with E-state index in [0.29, 0.717) is 28.6 Å². The summed E-state index contributed by atoms with van der Waals surface area (Å²) in [5.41, 5.74) is 0.763. The molecule has 0 aliphatic carbocycles. The number of amides is 1. The van der Waals surface area contributed by atoms with E-state index < -0.39 is 5.97 Å². The van der Waals surface area contributed by atoms with Crippen molar-refractivity contribution in [1.82, 2.24) is 0 Å². The Bertz CT molecular complexity index is 861. The highest BCUT2D eigenvalue weighted by molar-refractivity contribution is 6.05. The number of carboxylic acid groups (broad SMARTS) is 1. The summed E-state index contributed by atoms with van der Waals surface area (Å²) >= 11 is 0. The molecule has 3 aromatic carbocycles. The van der Waals surface area contributed by atoms with Crippen LogP contribution in [0.15, 0.2) is 66.7 Å². The fraction of sp³-hybridized carbons (Fsp3) is 0. The third-order valence-electron chi connectivity index (χ3n) is 3.42. The van der Waals surface area contributed by atoms with Gasteiger partial charge in [-0.25, -0.2) is 4.79 Å². The van der Waals surface area contributed by atoms with Crippen LogP contribution in [0, 0.1) is 0 Å². The first-order valence-corrected chi connectivity index (χ1v) is 6.93. The predicted octanol–water partition coefficient (Wildman–Crippen LogP) is 3.49. The molecule has 0 fully saturated rings. The van der Waals surface area contributed by atoms with Crippen molar-refractivity contribution in [3.05, 3.63) is 72.3 Å². The van der Waals surface area contributed by atoms with Crippen molar-refractivity contribution in [3.63, 3.8) is 0 Å². The summed E-state index contributed by atoms with van der Waals surface area (Å²) in [6.07, 6.45) is 0.565. The van der Waals surface area contributed by atoms with Gasteiger partial charge in [0.25, 0.3) is 0 Å². The SMILES string of the molecule is O=CN(Oc1ccc(C(=O)O)c2ccccc12)c1ccccc1. The number of aromatic carboxylic acids is 1. The van der Waals surface area contributed by atoms with Crippen molar-refractivity contribution >= 4 is 28.8 Å². The van der Waals surface area contributed by atoms with E-state index >= 15 is 0 Å². The van der Waals surface area contributed by atoms with Gasteiger partial charge in [-0.1, -0.05) is 42.5 Å². The summed E-state index contributed by atoms with van der Waals surface area (Å²) in [6, 6.07) is 18.9. The zero-order chi connectivity index (χ0) is 16.2. The van der Waals surface area contributed by atoms with E-state index in [1.165, 1.54) is 6.07 Å². The maximum atomic E-state index is 11.3. The third kappa shape index (κ3) is 2.85. The lowest BCUT2D eigenvalue weighted by Crippen LogP contribution is -2.25. The molecule has 114 valence electrons. The maximum absolute atomic E-state index is 11.3. The van der Waals surface area contributed by atoms with Gasteiger partial charge in [-0.2, -0.15) is 0 Å². The van der Waals surface area contributed by atoms with Gasteiger partial charge in [0.1, 0.15) is 0 Å². The number of fused-ring (bicyclic) bond motifs is 1. The molecule has 5 heteroatoms. The molecular formula is C18H13NO4. The lowest BCUT2D eigenvalue weighted by molar-refractivity contribution is -0.111. The van der Waals surface area contributed by atoms with Crippen LogP contribution in [0.25, 0.3) is 10.8 Å². The first-order chi connectivity index (χ1) is 11.2. The molecule has 0 atom stereocenters. The summed E-state index contributed by atoms with van der Waals surface area (Å²) < 4.78 is 0. The predicted molar refractivity (Wildman–Crippen MR) is 86.5 cm³/mol. The molecule has 0 unspecified atom stereocenters. The standard InChI is InChI=1S/C18H13NO4/c20-12-19(13-6-2-1-3-7-13)23-17-11-10-16(18(21)22)14-8-4-5-9-15(14)17/h1-12H,(H,21,22).